The SMILES string of the molecule is Cc1nc(CN(C(=O)Cc2cn(C)c3ccccc23)c2ccc(F)cc2)cs1. The van der Waals surface area contributed by atoms with E-state index in [1.807, 2.05) is 54.4 Å². The molecule has 4 aromatic rings. The van der Waals surface area contributed by atoms with Gasteiger partial charge in [-0.15, -0.1) is 11.3 Å². The van der Waals surface area contributed by atoms with Gasteiger partial charge in [0.15, 0.2) is 0 Å². The van der Waals surface area contributed by atoms with E-state index in [9.17, 15) is 9.18 Å². The fourth-order valence-corrected chi connectivity index (χ4v) is 4.02. The Morgan fingerprint density at radius 2 is 1.93 bits per heavy atom. The number of aryl methyl sites for hydroxylation is 2. The van der Waals surface area contributed by atoms with Crippen molar-refractivity contribution >= 4 is 33.8 Å². The number of hydrogen-bond donors (Lipinski definition) is 0. The van der Waals surface area contributed by atoms with Crippen molar-refractivity contribution in [1.82, 2.24) is 9.55 Å². The second-order valence-electron chi connectivity index (χ2n) is 6.77. The number of fused-ring (bicyclic) bond motifs is 1. The minimum absolute atomic E-state index is 0.0476. The first-order valence-corrected chi connectivity index (χ1v) is 9.89. The molecular weight excluding hydrogens is 373 g/mol. The van der Waals surface area contributed by atoms with Gasteiger partial charge in [0, 0.05) is 35.2 Å². The Bertz CT molecular complexity index is 1130. The zero-order chi connectivity index (χ0) is 19.7. The molecule has 0 unspecified atom stereocenters. The van der Waals surface area contributed by atoms with Gasteiger partial charge in [0.05, 0.1) is 23.7 Å². The van der Waals surface area contributed by atoms with E-state index in [0.29, 0.717) is 12.2 Å². The smallest absolute Gasteiger partial charge is 0.231 e. The molecule has 28 heavy (non-hydrogen) atoms. The number of amides is 1. The highest BCUT2D eigenvalue weighted by atomic mass is 32.1. The predicted octanol–water partition coefficient (Wildman–Crippen LogP) is 4.86. The molecule has 0 aliphatic rings. The number of anilines is 1. The van der Waals surface area contributed by atoms with Crippen LogP contribution < -0.4 is 4.90 Å². The fraction of sp³-hybridized carbons (Fsp3) is 0.182. The van der Waals surface area contributed by atoms with Gasteiger partial charge in [-0.2, -0.15) is 0 Å². The molecular formula is C22H20FN3OS. The van der Waals surface area contributed by atoms with E-state index in [0.717, 1.165) is 27.2 Å². The van der Waals surface area contributed by atoms with E-state index in [2.05, 4.69) is 4.98 Å². The Hall–Kier alpha value is -2.99. The Labute approximate surface area is 166 Å². The van der Waals surface area contributed by atoms with E-state index < -0.39 is 0 Å². The Balaban J connectivity index is 1.66. The average molecular weight is 393 g/mol. The van der Waals surface area contributed by atoms with Crippen molar-refractivity contribution in [3.63, 3.8) is 0 Å². The topological polar surface area (TPSA) is 38.1 Å². The lowest BCUT2D eigenvalue weighted by Crippen LogP contribution is -2.32. The maximum atomic E-state index is 13.4. The van der Waals surface area contributed by atoms with Crippen molar-refractivity contribution in [3.8, 4) is 0 Å². The molecule has 2 aromatic carbocycles. The van der Waals surface area contributed by atoms with Crippen LogP contribution in [0.15, 0.2) is 60.1 Å². The highest BCUT2D eigenvalue weighted by Crippen LogP contribution is 2.24. The number of thiazole rings is 1. The molecule has 2 heterocycles. The van der Waals surface area contributed by atoms with Crippen LogP contribution in [0.4, 0.5) is 10.1 Å². The van der Waals surface area contributed by atoms with Crippen LogP contribution in [0.2, 0.25) is 0 Å². The summed E-state index contributed by atoms with van der Waals surface area (Å²) in [4.78, 5) is 19.4. The molecule has 0 bridgehead atoms. The summed E-state index contributed by atoms with van der Waals surface area (Å²) in [5.74, 6) is -0.372. The van der Waals surface area contributed by atoms with Crippen molar-refractivity contribution in [3.05, 3.63) is 82.2 Å². The normalized spacial score (nSPS) is 11.1. The van der Waals surface area contributed by atoms with Gasteiger partial charge in [-0.1, -0.05) is 18.2 Å². The molecule has 142 valence electrons. The number of rotatable bonds is 5. The van der Waals surface area contributed by atoms with Gasteiger partial charge in [-0.25, -0.2) is 9.37 Å². The van der Waals surface area contributed by atoms with Crippen LogP contribution in [0, 0.1) is 12.7 Å². The van der Waals surface area contributed by atoms with Gasteiger partial charge in [-0.3, -0.25) is 4.79 Å². The van der Waals surface area contributed by atoms with Gasteiger partial charge in [-0.05, 0) is 42.8 Å². The first kappa shape index (κ1) is 18.4. The van der Waals surface area contributed by atoms with Crippen LogP contribution in [0.5, 0.6) is 0 Å². The van der Waals surface area contributed by atoms with E-state index in [4.69, 9.17) is 0 Å². The number of para-hydroxylation sites is 1. The Kier molecular flexibility index (Phi) is 4.96. The van der Waals surface area contributed by atoms with Crippen molar-refractivity contribution in [2.45, 2.75) is 19.9 Å². The molecule has 0 N–H and O–H groups in total. The number of benzene rings is 2. The number of nitrogens with zero attached hydrogens (tertiary/aromatic N) is 3. The Morgan fingerprint density at radius 1 is 1.18 bits per heavy atom. The van der Waals surface area contributed by atoms with Crippen molar-refractivity contribution in [1.29, 1.82) is 0 Å². The Morgan fingerprint density at radius 3 is 2.64 bits per heavy atom. The van der Waals surface area contributed by atoms with E-state index >= 15 is 0 Å². The van der Waals surface area contributed by atoms with Crippen LogP contribution in [0.1, 0.15) is 16.3 Å². The second-order valence-corrected chi connectivity index (χ2v) is 7.84. The predicted molar refractivity (Wildman–Crippen MR) is 111 cm³/mol. The van der Waals surface area contributed by atoms with Crippen LogP contribution in [-0.4, -0.2) is 15.5 Å². The molecule has 4 rings (SSSR count). The molecule has 0 spiro atoms. The van der Waals surface area contributed by atoms with Crippen LogP contribution in [0.25, 0.3) is 10.9 Å². The first-order chi connectivity index (χ1) is 13.5. The summed E-state index contributed by atoms with van der Waals surface area (Å²) in [6.45, 7) is 2.30. The molecule has 4 nitrogen and oxygen atoms in total. The number of carbonyl (C=O) groups excluding carboxylic acids is 1. The molecule has 0 atom stereocenters. The average Bonchev–Trinajstić information content (AvgIpc) is 3.24. The van der Waals surface area contributed by atoms with Crippen molar-refractivity contribution in [2.75, 3.05) is 4.90 Å². The zero-order valence-electron chi connectivity index (χ0n) is 15.7. The van der Waals surface area contributed by atoms with Gasteiger partial charge in [0.25, 0.3) is 0 Å². The molecule has 0 saturated carbocycles. The molecule has 0 fully saturated rings. The summed E-state index contributed by atoms with van der Waals surface area (Å²) in [5, 5.41) is 3.98. The fourth-order valence-electron chi connectivity index (χ4n) is 3.41. The third-order valence-corrected chi connectivity index (χ3v) is 5.57. The van der Waals surface area contributed by atoms with Crippen LogP contribution >= 0.6 is 11.3 Å². The molecule has 2 aromatic heterocycles. The maximum Gasteiger partial charge on any atom is 0.231 e. The zero-order valence-corrected chi connectivity index (χ0v) is 16.5. The van der Waals surface area contributed by atoms with Crippen LogP contribution in [0.3, 0.4) is 0 Å². The van der Waals surface area contributed by atoms with E-state index in [-0.39, 0.29) is 18.1 Å². The molecule has 0 radical (unpaired) electrons. The summed E-state index contributed by atoms with van der Waals surface area (Å²) in [6, 6.07) is 14.1. The number of hydrogen-bond acceptors (Lipinski definition) is 3. The largest absolute Gasteiger partial charge is 0.350 e. The molecule has 0 aliphatic carbocycles. The van der Waals surface area contributed by atoms with Crippen LogP contribution in [-0.2, 0) is 24.8 Å². The third-order valence-electron chi connectivity index (χ3n) is 4.75. The summed E-state index contributed by atoms with van der Waals surface area (Å²) in [6.07, 6.45) is 2.26. The summed E-state index contributed by atoms with van der Waals surface area (Å²) >= 11 is 1.55. The molecule has 1 amide bonds. The summed E-state index contributed by atoms with van der Waals surface area (Å²) in [7, 11) is 1.98. The van der Waals surface area contributed by atoms with Crippen molar-refractivity contribution in [2.24, 2.45) is 7.05 Å². The van der Waals surface area contributed by atoms with Gasteiger partial charge >= 0.3 is 0 Å². The standard InChI is InChI=1S/C22H20FN3OS/c1-15-24-18(14-28-15)13-26(19-9-7-17(23)8-10-19)22(27)11-16-12-25(2)21-6-4-3-5-20(16)21/h3-10,12,14H,11,13H2,1-2H3. The van der Waals surface area contributed by atoms with E-state index in [1.165, 1.54) is 12.1 Å². The lowest BCUT2D eigenvalue weighted by molar-refractivity contribution is -0.118. The number of aromatic nitrogens is 2. The highest BCUT2D eigenvalue weighted by molar-refractivity contribution is 7.09. The van der Waals surface area contributed by atoms with E-state index in [1.54, 1.807) is 28.4 Å². The maximum absolute atomic E-state index is 13.4. The monoisotopic (exact) mass is 393 g/mol. The minimum atomic E-state index is -0.324. The van der Waals surface area contributed by atoms with Gasteiger partial charge < -0.3 is 9.47 Å². The summed E-state index contributed by atoms with van der Waals surface area (Å²) in [5.41, 5.74) is 3.56. The lowest BCUT2D eigenvalue weighted by Gasteiger charge is -2.22. The summed E-state index contributed by atoms with van der Waals surface area (Å²) < 4.78 is 15.4. The highest BCUT2D eigenvalue weighted by Gasteiger charge is 2.20. The molecule has 0 aliphatic heterocycles. The second kappa shape index (κ2) is 7.56. The molecule has 0 saturated heterocycles. The van der Waals surface area contributed by atoms with Crippen molar-refractivity contribution < 1.29 is 9.18 Å². The minimum Gasteiger partial charge on any atom is -0.350 e. The third kappa shape index (κ3) is 3.68. The van der Waals surface area contributed by atoms with Gasteiger partial charge in [0.2, 0.25) is 5.91 Å². The first-order valence-electron chi connectivity index (χ1n) is 9.01. The molecule has 6 heteroatoms. The number of halogens is 1. The van der Waals surface area contributed by atoms with Gasteiger partial charge in [0.1, 0.15) is 5.82 Å². The quantitative estimate of drug-likeness (QED) is 0.486. The lowest BCUT2D eigenvalue weighted by atomic mass is 10.1. The number of carbonyl (C=O) groups is 1.